The van der Waals surface area contributed by atoms with Crippen molar-refractivity contribution < 1.29 is 8.83 Å². The van der Waals surface area contributed by atoms with Crippen LogP contribution in [0.15, 0.2) is 207 Å². The van der Waals surface area contributed by atoms with E-state index in [1.54, 1.807) is 0 Å². The molecule has 3 N–H and O–H groups in total. The van der Waals surface area contributed by atoms with Gasteiger partial charge < -0.3 is 19.9 Å². The zero-order chi connectivity index (χ0) is 36.0. The van der Waals surface area contributed by atoms with Gasteiger partial charge in [-0.05, 0) is 89.0 Å². The lowest BCUT2D eigenvalue weighted by Gasteiger charge is -2.08. The fraction of sp³-hybridized carbons (Fsp3) is 0. The van der Waals surface area contributed by atoms with Gasteiger partial charge in [-0.1, -0.05) is 137 Å². The third kappa shape index (κ3) is 7.71. The minimum absolute atomic E-state index is 0.805. The number of halogens is 1. The Bertz CT molecular complexity index is 2750. The van der Waals surface area contributed by atoms with Crippen LogP contribution in [0.3, 0.4) is 0 Å². The second-order valence-corrected chi connectivity index (χ2v) is 13.5. The molecule has 2 aromatic heterocycles. The van der Waals surface area contributed by atoms with E-state index in [2.05, 4.69) is 118 Å². The molecule has 53 heavy (non-hydrogen) atoms. The standard InChI is InChI=1S/C24H17NO.C12H7BrO.C12H11N/c1-2-6-17(7-3-1)18-10-12-19(13-11-18)25-20-14-15-22-21-8-4-5-9-23(21)26-24(22)16-20;13-8-5-6-10-9-3-1-2-4-11(9)14-12(10)7-8;13-12-8-6-11(7-9-12)10-4-2-1-3-5-10/h1-16,25H;1-7H;1-9H,13H2. The smallest absolute Gasteiger partial charge is 0.137 e. The van der Waals surface area contributed by atoms with E-state index >= 15 is 0 Å². The van der Waals surface area contributed by atoms with E-state index in [0.717, 1.165) is 54.6 Å². The molecule has 2 heterocycles. The number of para-hydroxylation sites is 2. The Morgan fingerprint density at radius 2 is 0.774 bits per heavy atom. The molecule has 0 aliphatic rings. The average Bonchev–Trinajstić information content (AvgIpc) is 3.77. The Balaban J connectivity index is 0.000000125. The molecule has 5 heteroatoms. The van der Waals surface area contributed by atoms with Gasteiger partial charge in [-0.2, -0.15) is 0 Å². The number of hydrogen-bond donors (Lipinski definition) is 2. The Hall–Kier alpha value is -6.56. The first kappa shape index (κ1) is 33.6. The molecule has 0 aliphatic carbocycles. The van der Waals surface area contributed by atoms with Crippen LogP contribution in [0.5, 0.6) is 0 Å². The van der Waals surface area contributed by atoms with E-state index in [0.29, 0.717) is 0 Å². The Morgan fingerprint density at radius 1 is 0.358 bits per heavy atom. The third-order valence-corrected chi connectivity index (χ3v) is 9.51. The van der Waals surface area contributed by atoms with E-state index in [9.17, 15) is 0 Å². The summed E-state index contributed by atoms with van der Waals surface area (Å²) in [5.41, 5.74) is 17.0. The van der Waals surface area contributed by atoms with E-state index in [1.807, 2.05) is 97.1 Å². The minimum atomic E-state index is 0.805. The number of hydrogen-bond acceptors (Lipinski definition) is 4. The number of nitrogen functional groups attached to an aromatic ring is 1. The summed E-state index contributed by atoms with van der Waals surface area (Å²) in [5.74, 6) is 0. The van der Waals surface area contributed by atoms with Gasteiger partial charge in [-0.15, -0.1) is 0 Å². The number of anilines is 3. The van der Waals surface area contributed by atoms with Crippen molar-refractivity contribution in [2.75, 3.05) is 11.1 Å². The maximum atomic E-state index is 5.97. The molecule has 0 atom stereocenters. The Labute approximate surface area is 316 Å². The molecule has 0 amide bonds. The highest BCUT2D eigenvalue weighted by atomic mass is 79.9. The molecule has 0 aliphatic heterocycles. The van der Waals surface area contributed by atoms with Gasteiger partial charge in [0, 0.05) is 49.1 Å². The number of benzene rings is 8. The zero-order valence-electron chi connectivity index (χ0n) is 28.7. The van der Waals surface area contributed by atoms with Crippen molar-refractivity contribution >= 4 is 76.9 Å². The van der Waals surface area contributed by atoms with Crippen molar-refractivity contribution in [3.63, 3.8) is 0 Å². The van der Waals surface area contributed by atoms with Gasteiger partial charge in [-0.3, -0.25) is 0 Å². The van der Waals surface area contributed by atoms with Gasteiger partial charge in [0.1, 0.15) is 22.3 Å². The van der Waals surface area contributed by atoms with Crippen LogP contribution in [0.4, 0.5) is 17.1 Å². The molecular weight excluding hydrogens is 716 g/mol. The molecule has 8 aromatic carbocycles. The van der Waals surface area contributed by atoms with E-state index in [1.165, 1.54) is 33.0 Å². The van der Waals surface area contributed by atoms with E-state index < -0.39 is 0 Å². The summed E-state index contributed by atoms with van der Waals surface area (Å²) < 4.78 is 12.7. The summed E-state index contributed by atoms with van der Waals surface area (Å²) >= 11 is 3.43. The lowest BCUT2D eigenvalue weighted by Crippen LogP contribution is -1.89. The predicted molar refractivity (Wildman–Crippen MR) is 227 cm³/mol. The van der Waals surface area contributed by atoms with Crippen LogP contribution in [-0.4, -0.2) is 0 Å². The number of nitrogens with two attached hydrogens (primary N) is 1. The molecule has 0 saturated carbocycles. The van der Waals surface area contributed by atoms with Gasteiger partial charge >= 0.3 is 0 Å². The summed E-state index contributed by atoms with van der Waals surface area (Å²) in [4.78, 5) is 0. The molecule has 10 rings (SSSR count). The molecule has 0 fully saturated rings. The van der Waals surface area contributed by atoms with Crippen LogP contribution < -0.4 is 11.1 Å². The quantitative estimate of drug-likeness (QED) is 0.176. The highest BCUT2D eigenvalue weighted by Gasteiger charge is 2.08. The Morgan fingerprint density at radius 3 is 1.34 bits per heavy atom. The second-order valence-electron chi connectivity index (χ2n) is 12.6. The lowest BCUT2D eigenvalue weighted by molar-refractivity contribution is 0.668. The van der Waals surface area contributed by atoms with Crippen LogP contribution in [0.1, 0.15) is 0 Å². The van der Waals surface area contributed by atoms with Crippen molar-refractivity contribution in [1.29, 1.82) is 0 Å². The maximum Gasteiger partial charge on any atom is 0.137 e. The molecule has 256 valence electrons. The highest BCUT2D eigenvalue weighted by molar-refractivity contribution is 9.10. The normalized spacial score (nSPS) is 10.8. The molecule has 0 radical (unpaired) electrons. The number of furan rings is 2. The van der Waals surface area contributed by atoms with E-state index in [-0.39, 0.29) is 0 Å². The van der Waals surface area contributed by atoms with Crippen LogP contribution in [0.2, 0.25) is 0 Å². The van der Waals surface area contributed by atoms with E-state index in [4.69, 9.17) is 14.6 Å². The molecule has 0 saturated heterocycles. The Kier molecular flexibility index (Phi) is 9.73. The molecule has 0 spiro atoms. The summed E-state index contributed by atoms with van der Waals surface area (Å²) in [6.07, 6.45) is 0. The maximum absolute atomic E-state index is 5.97. The monoisotopic (exact) mass is 750 g/mol. The number of nitrogens with one attached hydrogen (secondary N) is 1. The van der Waals surface area contributed by atoms with Crippen LogP contribution in [0, 0.1) is 0 Å². The molecule has 10 aromatic rings. The van der Waals surface area contributed by atoms with Gasteiger partial charge in [0.25, 0.3) is 0 Å². The van der Waals surface area contributed by atoms with Crippen LogP contribution >= 0.6 is 15.9 Å². The largest absolute Gasteiger partial charge is 0.456 e. The van der Waals surface area contributed by atoms with Gasteiger partial charge in [-0.25, -0.2) is 0 Å². The minimum Gasteiger partial charge on any atom is -0.456 e. The van der Waals surface area contributed by atoms with Crippen molar-refractivity contribution in [2.45, 2.75) is 0 Å². The fourth-order valence-corrected chi connectivity index (χ4v) is 6.69. The van der Waals surface area contributed by atoms with Crippen molar-refractivity contribution in [1.82, 2.24) is 0 Å². The summed E-state index contributed by atoms with van der Waals surface area (Å²) in [6.45, 7) is 0. The molecule has 0 unspecified atom stereocenters. The van der Waals surface area contributed by atoms with Gasteiger partial charge in [0.05, 0.1) is 0 Å². The summed E-state index contributed by atoms with van der Waals surface area (Å²) in [6, 6.07) is 65.6. The number of fused-ring (bicyclic) bond motifs is 6. The SMILES string of the molecule is Brc1ccc2c(c1)oc1ccccc12.Nc1ccc(-c2ccccc2)cc1.c1ccc(-c2ccc(Nc3ccc4c(c3)oc3ccccc34)cc2)cc1. The average molecular weight is 752 g/mol. The van der Waals surface area contributed by atoms with Gasteiger partial charge in [0.15, 0.2) is 0 Å². The first-order valence-corrected chi connectivity index (χ1v) is 18.2. The van der Waals surface area contributed by atoms with Crippen LogP contribution in [-0.2, 0) is 0 Å². The first-order valence-electron chi connectivity index (χ1n) is 17.4. The van der Waals surface area contributed by atoms with Crippen molar-refractivity contribution in [3.05, 3.63) is 199 Å². The first-order chi connectivity index (χ1) is 26.1. The predicted octanol–water partition coefficient (Wildman–Crippen LogP) is 14.3. The lowest BCUT2D eigenvalue weighted by atomic mass is 10.1. The molecular formula is C48H35BrN2O2. The molecule has 0 bridgehead atoms. The summed E-state index contributed by atoms with van der Waals surface area (Å²) in [5, 5.41) is 8.10. The third-order valence-electron chi connectivity index (χ3n) is 9.02. The van der Waals surface area contributed by atoms with Crippen LogP contribution in [0.25, 0.3) is 66.1 Å². The summed E-state index contributed by atoms with van der Waals surface area (Å²) in [7, 11) is 0. The molecule has 4 nitrogen and oxygen atoms in total. The van der Waals surface area contributed by atoms with Gasteiger partial charge in [0.2, 0.25) is 0 Å². The topological polar surface area (TPSA) is 64.3 Å². The number of rotatable bonds is 4. The van der Waals surface area contributed by atoms with Crippen molar-refractivity contribution in [2.24, 2.45) is 0 Å². The van der Waals surface area contributed by atoms with Crippen molar-refractivity contribution in [3.8, 4) is 22.3 Å². The second kappa shape index (κ2) is 15.4. The highest BCUT2D eigenvalue weighted by Crippen LogP contribution is 2.32. The zero-order valence-corrected chi connectivity index (χ0v) is 30.3. The fourth-order valence-electron chi connectivity index (χ4n) is 6.35.